The third-order valence-corrected chi connectivity index (χ3v) is 5.89. The van der Waals surface area contributed by atoms with Crippen LogP contribution in [0, 0.1) is 0 Å². The Bertz CT molecular complexity index is 1020. The summed E-state index contributed by atoms with van der Waals surface area (Å²) in [6, 6.07) is 14.7. The minimum absolute atomic E-state index is 0.0499. The molecule has 0 atom stereocenters. The fourth-order valence-electron chi connectivity index (χ4n) is 4.30. The number of phenols is 1. The summed E-state index contributed by atoms with van der Waals surface area (Å²) < 4.78 is 0. The van der Waals surface area contributed by atoms with E-state index in [1.165, 1.54) is 0 Å². The van der Waals surface area contributed by atoms with E-state index in [2.05, 4.69) is 5.32 Å². The summed E-state index contributed by atoms with van der Waals surface area (Å²) in [4.78, 5) is 14.8. The number of aromatic hydroxyl groups is 1. The van der Waals surface area contributed by atoms with Crippen molar-refractivity contribution in [2.75, 3.05) is 18.4 Å². The largest absolute Gasteiger partial charge is 0.507 e. The van der Waals surface area contributed by atoms with E-state index in [-0.39, 0.29) is 17.5 Å². The number of allylic oxidation sites excluding steroid dienone is 1. The van der Waals surface area contributed by atoms with Crippen LogP contribution >= 0.6 is 0 Å². The van der Waals surface area contributed by atoms with Gasteiger partial charge in [0.2, 0.25) is 5.91 Å². The van der Waals surface area contributed by atoms with E-state index in [1.54, 1.807) is 30.3 Å². The molecule has 4 rings (SSSR count). The van der Waals surface area contributed by atoms with Crippen molar-refractivity contribution in [2.45, 2.75) is 18.3 Å². The molecule has 0 aliphatic carbocycles. The Labute approximate surface area is 169 Å². The molecule has 8 N–H and O–H groups in total. The lowest BCUT2D eigenvalue weighted by Gasteiger charge is -2.39. The van der Waals surface area contributed by atoms with E-state index in [4.69, 9.17) is 17.2 Å². The highest BCUT2D eigenvalue weighted by atomic mass is 16.3. The first-order chi connectivity index (χ1) is 13.9. The van der Waals surface area contributed by atoms with Crippen molar-refractivity contribution in [1.82, 2.24) is 4.90 Å². The summed E-state index contributed by atoms with van der Waals surface area (Å²) in [5, 5.41) is 13.1. The van der Waals surface area contributed by atoms with Crippen LogP contribution in [0.4, 0.5) is 5.69 Å². The average Bonchev–Trinajstić information content (AvgIpc) is 2.98. The lowest BCUT2D eigenvalue weighted by Crippen LogP contribution is -2.46. The van der Waals surface area contributed by atoms with Gasteiger partial charge in [-0.2, -0.15) is 0 Å². The number of fused-ring (bicyclic) bond motifs is 2. The number of hydrogen-bond acceptors (Lipinski definition) is 6. The average molecular weight is 391 g/mol. The molecular formula is C22H25N5O2. The second-order valence-electron chi connectivity index (χ2n) is 7.53. The molecule has 0 saturated carbocycles. The molecule has 0 radical (unpaired) electrons. The summed E-state index contributed by atoms with van der Waals surface area (Å²) >= 11 is 0. The van der Waals surface area contributed by atoms with Gasteiger partial charge in [0.05, 0.1) is 11.1 Å². The number of nitrogens with one attached hydrogen (secondary N) is 1. The first kappa shape index (κ1) is 18.7. The Balaban J connectivity index is 1.58. The van der Waals surface area contributed by atoms with E-state index in [0.29, 0.717) is 42.9 Å². The third kappa shape index (κ3) is 3.14. The minimum Gasteiger partial charge on any atom is -0.507 e. The summed E-state index contributed by atoms with van der Waals surface area (Å²) in [7, 11) is 0. The van der Waals surface area contributed by atoms with Crippen molar-refractivity contribution in [3.63, 3.8) is 0 Å². The van der Waals surface area contributed by atoms with Crippen LogP contribution in [0.25, 0.3) is 5.70 Å². The van der Waals surface area contributed by atoms with Gasteiger partial charge in [-0.15, -0.1) is 0 Å². The zero-order chi connectivity index (χ0) is 20.6. The molecule has 150 valence electrons. The number of rotatable bonds is 3. The summed E-state index contributed by atoms with van der Waals surface area (Å²) in [6.45, 7) is 1.22. The number of carbonyl (C=O) groups excluding carboxylic acids is 1. The Morgan fingerprint density at radius 2 is 1.69 bits per heavy atom. The summed E-state index contributed by atoms with van der Waals surface area (Å²) in [5.74, 6) is 0.289. The highest BCUT2D eigenvalue weighted by Crippen LogP contribution is 2.45. The van der Waals surface area contributed by atoms with Crippen LogP contribution in [-0.2, 0) is 10.2 Å². The molecule has 1 saturated heterocycles. The van der Waals surface area contributed by atoms with Crippen molar-refractivity contribution in [1.29, 1.82) is 0 Å². The molecule has 7 nitrogen and oxygen atoms in total. The highest BCUT2D eigenvalue weighted by Gasteiger charge is 2.48. The second kappa shape index (κ2) is 7.09. The van der Waals surface area contributed by atoms with Gasteiger partial charge in [0.25, 0.3) is 0 Å². The van der Waals surface area contributed by atoms with Crippen LogP contribution in [0.3, 0.4) is 0 Å². The van der Waals surface area contributed by atoms with Crippen molar-refractivity contribution < 1.29 is 9.90 Å². The fourth-order valence-corrected chi connectivity index (χ4v) is 4.30. The van der Waals surface area contributed by atoms with Gasteiger partial charge in [-0.1, -0.05) is 30.3 Å². The zero-order valence-electron chi connectivity index (χ0n) is 16.1. The van der Waals surface area contributed by atoms with Crippen molar-refractivity contribution in [2.24, 2.45) is 17.2 Å². The van der Waals surface area contributed by atoms with Crippen LogP contribution in [0.15, 0.2) is 66.1 Å². The Hall–Kier alpha value is -3.61. The van der Waals surface area contributed by atoms with Crippen molar-refractivity contribution in [3.05, 3.63) is 77.3 Å². The first-order valence-corrected chi connectivity index (χ1v) is 9.59. The molecule has 2 heterocycles. The third-order valence-electron chi connectivity index (χ3n) is 5.89. The number of nitrogens with two attached hydrogens (primary N) is 3. The van der Waals surface area contributed by atoms with Gasteiger partial charge >= 0.3 is 0 Å². The molecule has 1 spiro atoms. The van der Waals surface area contributed by atoms with Gasteiger partial charge < -0.3 is 32.5 Å². The maximum absolute atomic E-state index is 12.8. The Morgan fingerprint density at radius 3 is 2.38 bits per heavy atom. The van der Waals surface area contributed by atoms with Crippen molar-refractivity contribution in [3.8, 4) is 5.75 Å². The SMILES string of the molecule is NC(N)=C(/C=C(\N)c1ccccc1O)N1CCC2(CC1)C(=O)Nc1ccccc12. The molecule has 0 bridgehead atoms. The molecule has 2 aliphatic rings. The lowest BCUT2D eigenvalue weighted by atomic mass is 9.73. The Morgan fingerprint density at radius 1 is 1.03 bits per heavy atom. The van der Waals surface area contributed by atoms with Crippen LogP contribution in [0.2, 0.25) is 0 Å². The van der Waals surface area contributed by atoms with E-state index < -0.39 is 5.41 Å². The number of anilines is 1. The van der Waals surface area contributed by atoms with Crippen LogP contribution in [0.5, 0.6) is 5.75 Å². The van der Waals surface area contributed by atoms with Crippen LogP contribution in [0.1, 0.15) is 24.0 Å². The molecule has 2 aromatic carbocycles. The second-order valence-corrected chi connectivity index (χ2v) is 7.53. The van der Waals surface area contributed by atoms with Gasteiger partial charge in [-0.3, -0.25) is 4.79 Å². The standard InChI is InChI=1S/C22H25N5O2/c23-16(14-5-1-4-8-19(14)28)13-18(20(24)25)27-11-9-22(10-12-27)15-6-2-3-7-17(15)26-21(22)29/h1-8,13,28H,9-12,23-25H2,(H,26,29)/b16-13-. The quantitative estimate of drug-likeness (QED) is 0.507. The Kier molecular flexibility index (Phi) is 4.58. The number of piperidine rings is 1. The van der Waals surface area contributed by atoms with Crippen LogP contribution in [-0.4, -0.2) is 29.0 Å². The number of hydrogen-bond donors (Lipinski definition) is 5. The number of phenolic OH excluding ortho intramolecular Hbond substituents is 1. The summed E-state index contributed by atoms with van der Waals surface area (Å²) in [6.07, 6.45) is 2.99. The van der Waals surface area contributed by atoms with E-state index in [9.17, 15) is 9.90 Å². The number of likely N-dealkylation sites (tertiary alicyclic amines) is 1. The fraction of sp³-hybridized carbons (Fsp3) is 0.227. The molecule has 1 amide bonds. The molecule has 0 unspecified atom stereocenters. The number of carbonyl (C=O) groups is 1. The van der Waals surface area contributed by atoms with Gasteiger partial charge in [-0.05, 0) is 42.7 Å². The molecule has 2 aromatic rings. The molecular weight excluding hydrogens is 366 g/mol. The summed E-state index contributed by atoms with van der Waals surface area (Å²) in [5.41, 5.74) is 21.0. The van der Waals surface area contributed by atoms with Crippen LogP contribution < -0.4 is 22.5 Å². The van der Waals surface area contributed by atoms with E-state index in [0.717, 1.165) is 11.3 Å². The van der Waals surface area contributed by atoms with Gasteiger partial charge in [0.15, 0.2) is 0 Å². The number of amides is 1. The number of para-hydroxylation sites is 2. The minimum atomic E-state index is -0.519. The smallest absolute Gasteiger partial charge is 0.235 e. The molecule has 0 aromatic heterocycles. The van der Waals surface area contributed by atoms with Gasteiger partial charge in [0, 0.05) is 30.0 Å². The zero-order valence-corrected chi connectivity index (χ0v) is 16.1. The number of nitrogens with zero attached hydrogens (tertiary/aromatic N) is 1. The molecule has 2 aliphatic heterocycles. The predicted octanol–water partition coefficient (Wildman–Crippen LogP) is 1.76. The first-order valence-electron chi connectivity index (χ1n) is 9.59. The lowest BCUT2D eigenvalue weighted by molar-refractivity contribution is -0.122. The number of benzene rings is 2. The molecule has 1 fully saturated rings. The molecule has 7 heteroatoms. The van der Waals surface area contributed by atoms with E-state index >= 15 is 0 Å². The normalized spacial score (nSPS) is 17.7. The van der Waals surface area contributed by atoms with E-state index in [1.807, 2.05) is 29.2 Å². The molecule has 29 heavy (non-hydrogen) atoms. The van der Waals surface area contributed by atoms with Gasteiger partial charge in [0.1, 0.15) is 11.6 Å². The van der Waals surface area contributed by atoms with Crippen molar-refractivity contribution >= 4 is 17.3 Å². The maximum atomic E-state index is 12.8. The van der Waals surface area contributed by atoms with Gasteiger partial charge in [-0.25, -0.2) is 0 Å². The predicted molar refractivity (Wildman–Crippen MR) is 113 cm³/mol. The maximum Gasteiger partial charge on any atom is 0.235 e. The topological polar surface area (TPSA) is 131 Å². The monoisotopic (exact) mass is 391 g/mol. The highest BCUT2D eigenvalue weighted by molar-refractivity contribution is 6.06.